The summed E-state index contributed by atoms with van der Waals surface area (Å²) in [5.41, 5.74) is 2.14. The van der Waals surface area contributed by atoms with Crippen LogP contribution in [0.3, 0.4) is 0 Å². The molecule has 1 aromatic rings. The molecular formula is C8H8CaN2S2. The summed E-state index contributed by atoms with van der Waals surface area (Å²) in [6.07, 6.45) is 4.43. The minimum absolute atomic E-state index is 0. The van der Waals surface area contributed by atoms with E-state index >= 15 is 0 Å². The van der Waals surface area contributed by atoms with Crippen molar-refractivity contribution in [2.24, 2.45) is 0 Å². The Morgan fingerprint density at radius 1 is 0.846 bits per heavy atom. The Hall–Kier alpha value is 0.780. The van der Waals surface area contributed by atoms with Gasteiger partial charge >= 0.3 is 37.7 Å². The first-order chi connectivity index (χ1) is 5.77. The Morgan fingerprint density at radius 3 is 1.62 bits per heavy atom. The van der Waals surface area contributed by atoms with Crippen molar-refractivity contribution in [3.8, 4) is 0 Å². The molecule has 0 fully saturated rings. The van der Waals surface area contributed by atoms with Crippen molar-refractivity contribution in [3.63, 3.8) is 0 Å². The molecule has 64 valence electrons. The van der Waals surface area contributed by atoms with Crippen molar-refractivity contribution >= 4 is 63.0 Å². The van der Waals surface area contributed by atoms with E-state index in [0.29, 0.717) is 10.1 Å². The second-order valence-corrected chi connectivity index (χ2v) is 3.71. The maximum absolute atomic E-state index is 4.96. The van der Waals surface area contributed by atoms with Crippen LogP contribution in [-0.2, 0) is 38.1 Å². The molecule has 2 rings (SSSR count). The Kier molecular flexibility index (Phi) is 4.58. The average Bonchev–Trinajstić information content (AvgIpc) is 2.07. The molecule has 13 heavy (non-hydrogen) atoms. The van der Waals surface area contributed by atoms with E-state index in [4.69, 9.17) is 25.3 Å². The fourth-order valence-corrected chi connectivity index (χ4v) is 1.77. The molecular weight excluding hydrogens is 228 g/mol. The van der Waals surface area contributed by atoms with Gasteiger partial charge in [0.1, 0.15) is 0 Å². The van der Waals surface area contributed by atoms with Gasteiger partial charge in [0.2, 0.25) is 0 Å². The Balaban J connectivity index is 0.000000845. The van der Waals surface area contributed by atoms with Crippen molar-refractivity contribution in [1.29, 1.82) is 0 Å². The maximum Gasteiger partial charge on any atom is 2.00 e. The Bertz CT molecular complexity index is 286. The van der Waals surface area contributed by atoms with E-state index in [9.17, 15) is 0 Å². The molecule has 0 bridgehead atoms. The van der Waals surface area contributed by atoms with E-state index in [0.717, 1.165) is 24.2 Å². The SMILES string of the molecule is [Ca+2].[S-]c1nc2c(nc1[S-])CCCC2. The van der Waals surface area contributed by atoms with Crippen molar-refractivity contribution in [3.05, 3.63) is 11.4 Å². The summed E-state index contributed by atoms with van der Waals surface area (Å²) in [6.45, 7) is 0. The van der Waals surface area contributed by atoms with Gasteiger partial charge in [0.15, 0.2) is 0 Å². The van der Waals surface area contributed by atoms with E-state index in [1.54, 1.807) is 0 Å². The summed E-state index contributed by atoms with van der Waals surface area (Å²) >= 11 is 9.92. The van der Waals surface area contributed by atoms with Crippen molar-refractivity contribution in [1.82, 2.24) is 9.97 Å². The molecule has 1 heterocycles. The predicted molar refractivity (Wildman–Crippen MR) is 55.7 cm³/mol. The van der Waals surface area contributed by atoms with E-state index in [1.807, 2.05) is 0 Å². The van der Waals surface area contributed by atoms with Crippen LogP contribution in [0.4, 0.5) is 0 Å². The summed E-state index contributed by atoms with van der Waals surface area (Å²) in [6, 6.07) is 0. The van der Waals surface area contributed by atoms with Gasteiger partial charge in [0, 0.05) is 0 Å². The third kappa shape index (κ3) is 2.63. The van der Waals surface area contributed by atoms with Gasteiger partial charge in [-0.15, -0.1) is 0 Å². The number of hydrogen-bond donors (Lipinski definition) is 0. The number of nitrogens with zero attached hydrogens (tertiary/aromatic N) is 2. The molecule has 0 aromatic carbocycles. The van der Waals surface area contributed by atoms with Crippen LogP contribution in [0.15, 0.2) is 10.1 Å². The predicted octanol–water partition coefficient (Wildman–Crippen LogP) is 0.786. The fourth-order valence-electron chi connectivity index (χ4n) is 1.46. The molecule has 1 aromatic heterocycles. The number of hydrogen-bond acceptors (Lipinski definition) is 4. The third-order valence-electron chi connectivity index (χ3n) is 2.07. The molecule has 0 aliphatic heterocycles. The largest absolute Gasteiger partial charge is 2.00 e. The van der Waals surface area contributed by atoms with Gasteiger partial charge in [0.25, 0.3) is 0 Å². The molecule has 0 amide bonds. The smallest absolute Gasteiger partial charge is 0.760 e. The van der Waals surface area contributed by atoms with Gasteiger partial charge in [-0.05, 0) is 25.7 Å². The zero-order valence-corrected chi connectivity index (χ0v) is 11.1. The van der Waals surface area contributed by atoms with Gasteiger partial charge in [-0.1, -0.05) is 10.1 Å². The van der Waals surface area contributed by atoms with Crippen LogP contribution >= 0.6 is 0 Å². The molecule has 1 aliphatic carbocycles. The van der Waals surface area contributed by atoms with Gasteiger partial charge in [0.05, 0.1) is 11.4 Å². The minimum Gasteiger partial charge on any atom is -0.760 e. The molecule has 1 aliphatic rings. The van der Waals surface area contributed by atoms with Crippen LogP contribution in [0.1, 0.15) is 24.2 Å². The number of fused-ring (bicyclic) bond motifs is 1. The molecule has 0 saturated heterocycles. The number of aryl methyl sites for hydroxylation is 2. The molecule has 2 nitrogen and oxygen atoms in total. The summed E-state index contributed by atoms with van der Waals surface area (Å²) in [7, 11) is 0. The van der Waals surface area contributed by atoms with Crippen LogP contribution in [0.25, 0.3) is 0 Å². The third-order valence-corrected chi connectivity index (χ3v) is 2.76. The fraction of sp³-hybridized carbons (Fsp3) is 0.500. The van der Waals surface area contributed by atoms with Gasteiger partial charge in [-0.3, -0.25) is 9.97 Å². The quantitative estimate of drug-likeness (QED) is 0.491. The molecule has 0 N–H and O–H groups in total. The van der Waals surface area contributed by atoms with E-state index in [1.165, 1.54) is 12.8 Å². The number of rotatable bonds is 0. The summed E-state index contributed by atoms with van der Waals surface area (Å²) in [5, 5.41) is 0.983. The number of aromatic nitrogens is 2. The first-order valence-electron chi connectivity index (χ1n) is 4.01. The van der Waals surface area contributed by atoms with Gasteiger partial charge < -0.3 is 25.3 Å². The van der Waals surface area contributed by atoms with Crippen LogP contribution in [0.5, 0.6) is 0 Å². The topological polar surface area (TPSA) is 25.8 Å². The van der Waals surface area contributed by atoms with Crippen molar-refractivity contribution in [2.75, 3.05) is 0 Å². The molecule has 0 saturated carbocycles. The average molecular weight is 236 g/mol. The van der Waals surface area contributed by atoms with Gasteiger partial charge in [-0.25, -0.2) is 0 Å². The molecule has 0 radical (unpaired) electrons. The van der Waals surface area contributed by atoms with E-state index < -0.39 is 0 Å². The Labute approximate surface area is 119 Å². The van der Waals surface area contributed by atoms with Crippen LogP contribution in [0.2, 0.25) is 0 Å². The van der Waals surface area contributed by atoms with Crippen molar-refractivity contribution in [2.45, 2.75) is 35.7 Å². The normalized spacial score (nSPS) is 14.5. The molecule has 0 unspecified atom stereocenters. The van der Waals surface area contributed by atoms with Crippen LogP contribution in [0, 0.1) is 0 Å². The van der Waals surface area contributed by atoms with Crippen LogP contribution in [-0.4, -0.2) is 47.7 Å². The first kappa shape index (κ1) is 11.9. The maximum atomic E-state index is 4.96. The standard InChI is InChI=1S/C8H10N2S2.Ca/c11-7-8(12)10-6-4-2-1-3-5(6)9-7;/h1-4H2,(H,9,11)(H,10,12);/q;+2/p-2. The molecule has 0 spiro atoms. The van der Waals surface area contributed by atoms with Crippen molar-refractivity contribution < 1.29 is 0 Å². The van der Waals surface area contributed by atoms with E-state index in [2.05, 4.69) is 9.97 Å². The monoisotopic (exact) mass is 236 g/mol. The molecule has 5 heteroatoms. The van der Waals surface area contributed by atoms with Gasteiger partial charge in [-0.2, -0.15) is 0 Å². The first-order valence-corrected chi connectivity index (χ1v) is 4.83. The summed E-state index contributed by atoms with van der Waals surface area (Å²) in [4.78, 5) is 8.52. The minimum atomic E-state index is 0. The summed E-state index contributed by atoms with van der Waals surface area (Å²) < 4.78 is 0. The second kappa shape index (κ2) is 5.03. The molecule has 0 atom stereocenters. The zero-order valence-electron chi connectivity index (χ0n) is 7.25. The summed E-state index contributed by atoms with van der Waals surface area (Å²) in [5.74, 6) is 0. The van der Waals surface area contributed by atoms with Crippen LogP contribution < -0.4 is 0 Å². The van der Waals surface area contributed by atoms with E-state index in [-0.39, 0.29) is 37.7 Å². The Morgan fingerprint density at radius 2 is 1.23 bits per heavy atom. The second-order valence-electron chi connectivity index (χ2n) is 2.93. The zero-order chi connectivity index (χ0) is 8.55.